The van der Waals surface area contributed by atoms with Crippen LogP contribution >= 0.6 is 12.6 Å². The summed E-state index contributed by atoms with van der Waals surface area (Å²) in [5.41, 5.74) is 5.49. The van der Waals surface area contributed by atoms with E-state index in [1.807, 2.05) is 0 Å². The Kier molecular flexibility index (Phi) is 11.9. The molecule has 12 nitrogen and oxygen atoms in total. The van der Waals surface area contributed by atoms with Crippen LogP contribution in [0.1, 0.15) is 26.7 Å². The molecule has 3 amide bonds. The van der Waals surface area contributed by atoms with Crippen LogP contribution < -0.4 is 21.7 Å². The van der Waals surface area contributed by atoms with E-state index in [0.717, 1.165) is 0 Å². The van der Waals surface area contributed by atoms with E-state index < -0.39 is 72.8 Å². The number of hydrogen-bond donors (Lipinski definition) is 8. The minimum atomic E-state index is -1.69. The zero-order valence-corrected chi connectivity index (χ0v) is 17.0. The Hall–Kier alpha value is -2.38. The maximum atomic E-state index is 12.5. The van der Waals surface area contributed by atoms with Crippen LogP contribution in [0.15, 0.2) is 0 Å². The maximum absolute atomic E-state index is 12.5. The van der Waals surface area contributed by atoms with Crippen LogP contribution in [-0.4, -0.2) is 81.5 Å². The van der Waals surface area contributed by atoms with E-state index in [4.69, 9.17) is 15.9 Å². The summed E-state index contributed by atoms with van der Waals surface area (Å²) in [6.45, 7) is 2.56. The molecule has 0 spiro atoms. The van der Waals surface area contributed by atoms with E-state index in [2.05, 4.69) is 28.6 Å². The summed E-state index contributed by atoms with van der Waals surface area (Å²) in [7, 11) is 0. The number of carboxylic acid groups (broad SMARTS) is 2. The standard InChI is InChI=1S/C16H28N4O8S/c1-3-7(2)12(15(26)18-9(16(27)28)4-11(22)23)20-14(25)10(5-21)19-13(24)8(17)6-29/h7-10,12,21,29H,3-6,17H2,1-2H3,(H,18,26)(H,19,24)(H,20,25)(H,22,23)(H,27,28). The molecule has 0 saturated heterocycles. The minimum Gasteiger partial charge on any atom is -0.481 e. The average molecular weight is 436 g/mol. The molecule has 8 N–H and O–H groups in total. The first kappa shape index (κ1) is 26.6. The molecule has 0 fully saturated rings. The Morgan fingerprint density at radius 2 is 1.52 bits per heavy atom. The number of amides is 3. The second-order valence-electron chi connectivity index (χ2n) is 6.40. The number of nitrogens with two attached hydrogens (primary N) is 1. The molecular weight excluding hydrogens is 408 g/mol. The Morgan fingerprint density at radius 3 is 1.93 bits per heavy atom. The lowest BCUT2D eigenvalue weighted by atomic mass is 9.97. The number of nitrogens with one attached hydrogen (secondary N) is 3. The molecule has 13 heteroatoms. The van der Waals surface area contributed by atoms with Gasteiger partial charge < -0.3 is 37.0 Å². The van der Waals surface area contributed by atoms with Crippen molar-refractivity contribution in [1.82, 2.24) is 16.0 Å². The van der Waals surface area contributed by atoms with Gasteiger partial charge in [0.15, 0.2) is 0 Å². The maximum Gasteiger partial charge on any atom is 0.326 e. The molecular formula is C16H28N4O8S. The highest BCUT2D eigenvalue weighted by molar-refractivity contribution is 7.80. The smallest absolute Gasteiger partial charge is 0.326 e. The van der Waals surface area contributed by atoms with E-state index in [0.29, 0.717) is 6.42 Å². The normalized spacial score (nSPS) is 15.9. The van der Waals surface area contributed by atoms with E-state index in [9.17, 15) is 29.1 Å². The first-order valence-corrected chi connectivity index (χ1v) is 9.44. The van der Waals surface area contributed by atoms with Gasteiger partial charge in [-0.15, -0.1) is 0 Å². The lowest BCUT2D eigenvalue weighted by Gasteiger charge is -2.27. The summed E-state index contributed by atoms with van der Waals surface area (Å²) in [6, 6.07) is -5.33. The number of hydrogen-bond acceptors (Lipinski definition) is 8. The van der Waals surface area contributed by atoms with Crippen molar-refractivity contribution in [3.63, 3.8) is 0 Å². The molecule has 0 rings (SSSR count). The van der Waals surface area contributed by atoms with Gasteiger partial charge in [-0.25, -0.2) is 4.79 Å². The molecule has 29 heavy (non-hydrogen) atoms. The largest absolute Gasteiger partial charge is 0.481 e. The number of aliphatic carboxylic acids is 2. The van der Waals surface area contributed by atoms with Crippen molar-refractivity contribution in [3.05, 3.63) is 0 Å². The van der Waals surface area contributed by atoms with Gasteiger partial charge in [0.1, 0.15) is 18.1 Å². The predicted molar refractivity (Wildman–Crippen MR) is 104 cm³/mol. The fraction of sp³-hybridized carbons (Fsp3) is 0.688. The number of carbonyl (C=O) groups excluding carboxylic acids is 3. The van der Waals surface area contributed by atoms with Gasteiger partial charge in [-0.05, 0) is 5.92 Å². The average Bonchev–Trinajstić information content (AvgIpc) is 2.67. The van der Waals surface area contributed by atoms with Crippen LogP contribution in [0.5, 0.6) is 0 Å². The molecule has 0 aromatic heterocycles. The third-order valence-electron chi connectivity index (χ3n) is 4.14. The van der Waals surface area contributed by atoms with Gasteiger partial charge in [-0.3, -0.25) is 19.2 Å². The summed E-state index contributed by atoms with van der Waals surface area (Å²) in [6.07, 6.45) is -0.436. The van der Waals surface area contributed by atoms with Crippen molar-refractivity contribution in [2.45, 2.75) is 50.9 Å². The molecule has 166 valence electrons. The van der Waals surface area contributed by atoms with E-state index in [1.54, 1.807) is 13.8 Å². The van der Waals surface area contributed by atoms with Gasteiger partial charge in [0.25, 0.3) is 0 Å². The van der Waals surface area contributed by atoms with Crippen LogP contribution in [0.3, 0.4) is 0 Å². The van der Waals surface area contributed by atoms with Crippen LogP contribution in [0.25, 0.3) is 0 Å². The van der Waals surface area contributed by atoms with Crippen molar-refractivity contribution < 1.29 is 39.3 Å². The van der Waals surface area contributed by atoms with Gasteiger partial charge in [0, 0.05) is 5.75 Å². The van der Waals surface area contributed by atoms with E-state index >= 15 is 0 Å². The van der Waals surface area contributed by atoms with Gasteiger partial charge in [0.05, 0.1) is 19.1 Å². The van der Waals surface area contributed by atoms with E-state index in [-0.39, 0.29) is 5.75 Å². The molecule has 5 atom stereocenters. The highest BCUT2D eigenvalue weighted by Crippen LogP contribution is 2.09. The highest BCUT2D eigenvalue weighted by atomic mass is 32.1. The van der Waals surface area contributed by atoms with Gasteiger partial charge in [0.2, 0.25) is 17.7 Å². The summed E-state index contributed by atoms with van der Waals surface area (Å²) < 4.78 is 0. The lowest BCUT2D eigenvalue weighted by molar-refractivity contribution is -0.147. The molecule has 0 radical (unpaired) electrons. The first-order valence-electron chi connectivity index (χ1n) is 8.81. The molecule has 0 aliphatic heterocycles. The molecule has 0 aromatic rings. The number of aliphatic hydroxyl groups is 1. The topological polar surface area (TPSA) is 208 Å². The predicted octanol–water partition coefficient (Wildman–Crippen LogP) is -2.70. The van der Waals surface area contributed by atoms with Gasteiger partial charge in [-0.2, -0.15) is 12.6 Å². The Bertz CT molecular complexity index is 618. The molecule has 0 saturated carbocycles. The highest BCUT2D eigenvalue weighted by Gasteiger charge is 2.33. The molecule has 0 aromatic carbocycles. The van der Waals surface area contributed by atoms with Gasteiger partial charge >= 0.3 is 11.9 Å². The fourth-order valence-corrected chi connectivity index (χ4v) is 2.31. The molecule has 0 bridgehead atoms. The third kappa shape index (κ3) is 9.11. The van der Waals surface area contributed by atoms with Crippen molar-refractivity contribution in [2.75, 3.05) is 12.4 Å². The number of thiol groups is 1. The van der Waals surface area contributed by atoms with Crippen LogP contribution in [0.4, 0.5) is 0 Å². The molecule has 0 heterocycles. The quantitative estimate of drug-likeness (QED) is 0.141. The van der Waals surface area contributed by atoms with Crippen molar-refractivity contribution in [1.29, 1.82) is 0 Å². The minimum absolute atomic E-state index is 0.00363. The van der Waals surface area contributed by atoms with Crippen LogP contribution in [0.2, 0.25) is 0 Å². The zero-order chi connectivity index (χ0) is 22.7. The van der Waals surface area contributed by atoms with Gasteiger partial charge in [-0.1, -0.05) is 20.3 Å². The number of carbonyl (C=O) groups is 5. The number of aliphatic hydroxyl groups excluding tert-OH is 1. The first-order chi connectivity index (χ1) is 13.5. The SMILES string of the molecule is CCC(C)C(NC(=O)C(CO)NC(=O)C(N)CS)C(=O)NC(CC(=O)O)C(=O)O. The zero-order valence-electron chi connectivity index (χ0n) is 16.1. The fourth-order valence-electron chi connectivity index (χ4n) is 2.15. The van der Waals surface area contributed by atoms with Crippen molar-refractivity contribution in [3.8, 4) is 0 Å². The lowest BCUT2D eigenvalue weighted by Crippen LogP contribution is -2.59. The summed E-state index contributed by atoms with van der Waals surface area (Å²) in [5.74, 6) is -5.96. The summed E-state index contributed by atoms with van der Waals surface area (Å²) in [4.78, 5) is 58.7. The molecule has 0 aliphatic carbocycles. The van der Waals surface area contributed by atoms with Crippen molar-refractivity contribution >= 4 is 42.3 Å². The number of rotatable bonds is 13. The molecule has 5 unspecified atom stereocenters. The Labute approximate surface area is 173 Å². The third-order valence-corrected chi connectivity index (χ3v) is 4.53. The second kappa shape index (κ2) is 13.0. The van der Waals surface area contributed by atoms with Crippen molar-refractivity contribution in [2.24, 2.45) is 11.7 Å². The summed E-state index contributed by atoms with van der Waals surface area (Å²) in [5, 5.41) is 33.9. The molecule has 0 aliphatic rings. The monoisotopic (exact) mass is 436 g/mol. The second-order valence-corrected chi connectivity index (χ2v) is 6.77. The van der Waals surface area contributed by atoms with Crippen LogP contribution in [-0.2, 0) is 24.0 Å². The Morgan fingerprint density at radius 1 is 0.966 bits per heavy atom. The van der Waals surface area contributed by atoms with E-state index in [1.165, 1.54) is 0 Å². The number of carboxylic acids is 2. The van der Waals surface area contributed by atoms with Crippen LogP contribution in [0, 0.1) is 5.92 Å². The summed E-state index contributed by atoms with van der Waals surface area (Å²) >= 11 is 3.86. The Balaban J connectivity index is 5.33.